The van der Waals surface area contributed by atoms with Crippen molar-refractivity contribution >= 4 is 11.9 Å². The predicted molar refractivity (Wildman–Crippen MR) is 57.8 cm³/mol. The third-order valence-corrected chi connectivity index (χ3v) is 2.13. The molecule has 0 saturated carbocycles. The second kappa shape index (κ2) is 3.96. The summed E-state index contributed by atoms with van der Waals surface area (Å²) >= 11 is 0. The molecule has 1 aromatic carbocycles. The highest BCUT2D eigenvalue weighted by Gasteiger charge is 2.13. The summed E-state index contributed by atoms with van der Waals surface area (Å²) in [6.45, 7) is 0. The molecule has 76 valence electrons. The maximum absolute atomic E-state index is 11.9. The first-order valence-corrected chi connectivity index (χ1v) is 4.61. The Balaban J connectivity index is 2.23. The first-order valence-electron chi connectivity index (χ1n) is 4.61. The van der Waals surface area contributed by atoms with Crippen LogP contribution in [0, 0.1) is 0 Å². The summed E-state index contributed by atoms with van der Waals surface area (Å²) in [4.78, 5) is 20.3. The normalized spacial score (nSPS) is 9.93. The van der Waals surface area contributed by atoms with E-state index >= 15 is 0 Å². The van der Waals surface area contributed by atoms with Crippen LogP contribution in [0.3, 0.4) is 0 Å². The number of anilines is 1. The van der Waals surface area contributed by atoms with Crippen molar-refractivity contribution in [1.82, 2.24) is 9.97 Å². The van der Waals surface area contributed by atoms with Gasteiger partial charge in [0.1, 0.15) is 0 Å². The Kier molecular flexibility index (Phi) is 2.49. The van der Waals surface area contributed by atoms with Crippen molar-refractivity contribution in [2.75, 3.05) is 11.9 Å². The molecule has 0 bridgehead atoms. The minimum atomic E-state index is -0.0782. The summed E-state index contributed by atoms with van der Waals surface area (Å²) < 4.78 is 0. The highest BCUT2D eigenvalue weighted by molar-refractivity contribution is 6.04. The summed E-state index contributed by atoms with van der Waals surface area (Å²) in [7, 11) is 1.69. The molecule has 0 saturated heterocycles. The maximum atomic E-state index is 11.9. The quantitative estimate of drug-likeness (QED) is 0.803. The monoisotopic (exact) mass is 201 g/mol. The number of hydrogen-bond acceptors (Lipinski definition) is 2. The summed E-state index contributed by atoms with van der Waals surface area (Å²) in [6, 6.07) is 9.11. The number of benzene rings is 1. The number of amides is 1. The Hall–Kier alpha value is -2.10. The van der Waals surface area contributed by atoms with E-state index < -0.39 is 0 Å². The third kappa shape index (κ3) is 1.88. The van der Waals surface area contributed by atoms with Crippen LogP contribution in [0.1, 0.15) is 10.4 Å². The lowest BCUT2D eigenvalue weighted by molar-refractivity contribution is 0.0991. The fourth-order valence-electron chi connectivity index (χ4n) is 1.31. The summed E-state index contributed by atoms with van der Waals surface area (Å²) in [5.74, 6) is 0.467. The fourth-order valence-corrected chi connectivity index (χ4v) is 1.31. The second-order valence-electron chi connectivity index (χ2n) is 3.14. The summed E-state index contributed by atoms with van der Waals surface area (Å²) in [5, 5.41) is 0. The Morgan fingerprint density at radius 1 is 1.33 bits per heavy atom. The Morgan fingerprint density at radius 3 is 2.67 bits per heavy atom. The molecule has 1 N–H and O–H groups in total. The van der Waals surface area contributed by atoms with Gasteiger partial charge in [-0.25, -0.2) is 4.98 Å². The van der Waals surface area contributed by atoms with E-state index in [2.05, 4.69) is 9.97 Å². The molecule has 2 aromatic rings. The van der Waals surface area contributed by atoms with E-state index in [1.165, 1.54) is 4.90 Å². The number of aromatic amines is 1. The molecule has 0 spiro atoms. The van der Waals surface area contributed by atoms with Crippen molar-refractivity contribution in [3.63, 3.8) is 0 Å². The molecule has 4 nitrogen and oxygen atoms in total. The van der Waals surface area contributed by atoms with E-state index in [1.807, 2.05) is 18.2 Å². The van der Waals surface area contributed by atoms with Gasteiger partial charge >= 0.3 is 0 Å². The largest absolute Gasteiger partial charge is 0.331 e. The number of imidazole rings is 1. The van der Waals surface area contributed by atoms with Crippen LogP contribution >= 0.6 is 0 Å². The molecule has 4 heteroatoms. The summed E-state index contributed by atoms with van der Waals surface area (Å²) in [5.41, 5.74) is 0.649. The van der Waals surface area contributed by atoms with E-state index in [4.69, 9.17) is 0 Å². The minimum Gasteiger partial charge on any atom is -0.331 e. The molecule has 0 aliphatic rings. The highest BCUT2D eigenvalue weighted by atomic mass is 16.2. The molecule has 0 aliphatic heterocycles. The molecule has 1 aromatic heterocycles. The first-order chi connectivity index (χ1) is 7.29. The third-order valence-electron chi connectivity index (χ3n) is 2.13. The second-order valence-corrected chi connectivity index (χ2v) is 3.14. The lowest BCUT2D eigenvalue weighted by Gasteiger charge is -2.13. The van der Waals surface area contributed by atoms with Crippen molar-refractivity contribution in [2.45, 2.75) is 0 Å². The highest BCUT2D eigenvalue weighted by Crippen LogP contribution is 2.09. The molecular weight excluding hydrogens is 190 g/mol. The van der Waals surface area contributed by atoms with Crippen molar-refractivity contribution in [3.8, 4) is 0 Å². The standard InChI is InChI=1S/C11H11N3O/c1-14(11-12-7-8-13-11)10(15)9-5-3-2-4-6-9/h2-8H,1H3,(H,12,13). The van der Waals surface area contributed by atoms with E-state index in [0.29, 0.717) is 11.5 Å². The van der Waals surface area contributed by atoms with Crippen LogP contribution in [0.5, 0.6) is 0 Å². The van der Waals surface area contributed by atoms with Crippen molar-refractivity contribution < 1.29 is 4.79 Å². The first kappa shape index (κ1) is 9.45. The molecule has 0 fully saturated rings. The maximum Gasteiger partial charge on any atom is 0.260 e. The zero-order valence-corrected chi connectivity index (χ0v) is 8.34. The number of H-pyrrole nitrogens is 1. The Labute approximate surface area is 87.6 Å². The van der Waals surface area contributed by atoms with Crippen LogP contribution in [-0.2, 0) is 0 Å². The minimum absolute atomic E-state index is 0.0782. The number of carbonyl (C=O) groups excluding carboxylic acids is 1. The van der Waals surface area contributed by atoms with Gasteiger partial charge in [0.2, 0.25) is 5.95 Å². The van der Waals surface area contributed by atoms with Gasteiger partial charge in [-0.15, -0.1) is 0 Å². The van der Waals surface area contributed by atoms with Crippen LogP contribution in [0.4, 0.5) is 5.95 Å². The van der Waals surface area contributed by atoms with Crippen LogP contribution in [0.2, 0.25) is 0 Å². The SMILES string of the molecule is CN(C(=O)c1ccccc1)c1ncc[nH]1. The van der Waals surface area contributed by atoms with Gasteiger partial charge in [0.15, 0.2) is 0 Å². The molecule has 2 rings (SSSR count). The Bertz CT molecular complexity index is 436. The molecule has 0 aliphatic carbocycles. The van der Waals surface area contributed by atoms with E-state index in [1.54, 1.807) is 31.6 Å². The molecule has 0 radical (unpaired) electrons. The fraction of sp³-hybridized carbons (Fsp3) is 0.0909. The van der Waals surface area contributed by atoms with Crippen LogP contribution in [-0.4, -0.2) is 22.9 Å². The molecule has 1 heterocycles. The topological polar surface area (TPSA) is 49.0 Å². The van der Waals surface area contributed by atoms with Gasteiger partial charge in [0.25, 0.3) is 5.91 Å². The van der Waals surface area contributed by atoms with Gasteiger partial charge in [-0.2, -0.15) is 0 Å². The zero-order chi connectivity index (χ0) is 10.7. The van der Waals surface area contributed by atoms with Crippen molar-refractivity contribution in [1.29, 1.82) is 0 Å². The number of carbonyl (C=O) groups is 1. The molecule has 1 amide bonds. The van der Waals surface area contributed by atoms with Gasteiger partial charge in [-0.05, 0) is 12.1 Å². The number of hydrogen-bond donors (Lipinski definition) is 1. The summed E-state index contributed by atoms with van der Waals surface area (Å²) in [6.07, 6.45) is 3.30. The Morgan fingerprint density at radius 2 is 2.07 bits per heavy atom. The van der Waals surface area contributed by atoms with Crippen molar-refractivity contribution in [2.24, 2.45) is 0 Å². The van der Waals surface area contributed by atoms with Gasteiger partial charge < -0.3 is 4.98 Å². The van der Waals surface area contributed by atoms with Gasteiger partial charge in [-0.3, -0.25) is 9.69 Å². The smallest absolute Gasteiger partial charge is 0.260 e. The van der Waals surface area contributed by atoms with Gasteiger partial charge in [0.05, 0.1) is 0 Å². The number of nitrogens with one attached hydrogen (secondary N) is 1. The zero-order valence-electron chi connectivity index (χ0n) is 8.34. The van der Waals surface area contributed by atoms with Crippen LogP contribution in [0.15, 0.2) is 42.7 Å². The number of rotatable bonds is 2. The molecule has 0 unspecified atom stereocenters. The lowest BCUT2D eigenvalue weighted by atomic mass is 10.2. The molecule has 15 heavy (non-hydrogen) atoms. The van der Waals surface area contributed by atoms with Gasteiger partial charge in [-0.1, -0.05) is 18.2 Å². The predicted octanol–water partition coefficient (Wildman–Crippen LogP) is 1.69. The van der Waals surface area contributed by atoms with E-state index in [0.717, 1.165) is 0 Å². The number of nitrogens with zero attached hydrogens (tertiary/aromatic N) is 2. The molecule has 0 atom stereocenters. The van der Waals surface area contributed by atoms with E-state index in [9.17, 15) is 4.79 Å². The van der Waals surface area contributed by atoms with Crippen LogP contribution in [0.25, 0.3) is 0 Å². The van der Waals surface area contributed by atoms with Crippen LogP contribution < -0.4 is 4.90 Å². The van der Waals surface area contributed by atoms with E-state index in [-0.39, 0.29) is 5.91 Å². The lowest BCUT2D eigenvalue weighted by Crippen LogP contribution is -2.27. The average Bonchev–Trinajstić information content (AvgIpc) is 2.82. The molecular formula is C11H11N3O. The van der Waals surface area contributed by atoms with Crippen molar-refractivity contribution in [3.05, 3.63) is 48.3 Å². The number of aromatic nitrogens is 2. The average molecular weight is 201 g/mol. The van der Waals surface area contributed by atoms with Gasteiger partial charge in [0, 0.05) is 25.0 Å².